The van der Waals surface area contributed by atoms with E-state index in [0.29, 0.717) is 23.7 Å². The number of nitrogens with zero attached hydrogens (tertiary/aromatic N) is 3. The summed E-state index contributed by atoms with van der Waals surface area (Å²) in [5.41, 5.74) is 7.65. The minimum atomic E-state index is -3.28. The topological polar surface area (TPSA) is 142 Å². The molecule has 31 heavy (non-hydrogen) atoms. The predicted octanol–water partition coefficient (Wildman–Crippen LogP) is 2.53. The molecule has 9 nitrogen and oxygen atoms in total. The molecule has 1 fully saturated rings. The number of ketones is 1. The summed E-state index contributed by atoms with van der Waals surface area (Å²) in [6, 6.07) is 12.7. The summed E-state index contributed by atoms with van der Waals surface area (Å²) in [6.45, 7) is 0.679. The van der Waals surface area contributed by atoms with Gasteiger partial charge in [-0.25, -0.2) is 12.7 Å². The smallest absolute Gasteiger partial charge is 0.243 e. The van der Waals surface area contributed by atoms with Crippen molar-refractivity contribution >= 4 is 37.8 Å². The summed E-state index contributed by atoms with van der Waals surface area (Å²) in [6.07, 6.45) is 1.75. The second-order valence-electron chi connectivity index (χ2n) is 7.18. The third kappa shape index (κ3) is 4.18. The number of anilines is 2. The van der Waals surface area contributed by atoms with Crippen LogP contribution >= 0.6 is 11.3 Å². The molecule has 0 saturated carbocycles. The highest BCUT2D eigenvalue weighted by molar-refractivity contribution is 7.88. The Hall–Kier alpha value is -3.20. The van der Waals surface area contributed by atoms with Crippen molar-refractivity contribution in [1.29, 1.82) is 5.26 Å². The van der Waals surface area contributed by atoms with Crippen LogP contribution in [-0.2, 0) is 10.0 Å². The Balaban J connectivity index is 1.58. The van der Waals surface area contributed by atoms with Crippen molar-refractivity contribution in [2.24, 2.45) is 0 Å². The molecule has 0 spiro atoms. The molecule has 0 bridgehead atoms. The molecule has 1 saturated heterocycles. The summed E-state index contributed by atoms with van der Waals surface area (Å²) in [5.74, 6) is -0.446. The molecule has 1 aliphatic heterocycles. The molecule has 3 N–H and O–H groups in total. The van der Waals surface area contributed by atoms with Gasteiger partial charge in [-0.05, 0) is 6.42 Å². The van der Waals surface area contributed by atoms with E-state index in [1.807, 2.05) is 36.4 Å². The zero-order valence-electron chi connectivity index (χ0n) is 16.5. The number of nitrogens with one attached hydrogen (secondary N) is 1. The lowest BCUT2D eigenvalue weighted by Gasteiger charge is -2.14. The number of sulfonamides is 1. The summed E-state index contributed by atoms with van der Waals surface area (Å²) < 4.78 is 30.1. The summed E-state index contributed by atoms with van der Waals surface area (Å²) in [4.78, 5) is 13.2. The van der Waals surface area contributed by atoms with Crippen molar-refractivity contribution in [2.75, 3.05) is 30.4 Å². The number of thiophene rings is 1. The van der Waals surface area contributed by atoms with E-state index in [1.54, 1.807) is 0 Å². The van der Waals surface area contributed by atoms with E-state index < -0.39 is 15.8 Å². The first-order chi connectivity index (χ1) is 14.8. The summed E-state index contributed by atoms with van der Waals surface area (Å²) >= 11 is 1.05. The SMILES string of the molecule is CS(=O)(=O)N1CCC(Nc2sc(C(=O)c3cc(-c4ccccc4)no3)c(N)c2C#N)C1. The van der Waals surface area contributed by atoms with Gasteiger partial charge in [0.2, 0.25) is 21.6 Å². The highest BCUT2D eigenvalue weighted by atomic mass is 32.2. The fourth-order valence-electron chi connectivity index (χ4n) is 3.40. The van der Waals surface area contributed by atoms with Crippen LogP contribution in [0, 0.1) is 11.3 Å². The molecule has 0 radical (unpaired) electrons. The van der Waals surface area contributed by atoms with Crippen molar-refractivity contribution in [3.8, 4) is 17.3 Å². The molecular weight excluding hydrogens is 438 g/mol. The minimum absolute atomic E-state index is 0.0203. The van der Waals surface area contributed by atoms with E-state index in [-0.39, 0.29) is 34.5 Å². The largest absolute Gasteiger partial charge is 0.396 e. The number of hydrogen-bond acceptors (Lipinski definition) is 9. The fourth-order valence-corrected chi connectivity index (χ4v) is 5.38. The molecule has 2 aromatic heterocycles. The molecule has 0 aliphatic carbocycles. The van der Waals surface area contributed by atoms with Crippen LogP contribution in [0.5, 0.6) is 0 Å². The predicted molar refractivity (Wildman–Crippen MR) is 117 cm³/mol. The molecule has 1 aliphatic rings. The quantitative estimate of drug-likeness (QED) is 0.538. The Morgan fingerprint density at radius 1 is 1.39 bits per heavy atom. The van der Waals surface area contributed by atoms with Crippen molar-refractivity contribution in [3.63, 3.8) is 0 Å². The third-order valence-electron chi connectivity index (χ3n) is 5.02. The van der Waals surface area contributed by atoms with E-state index in [1.165, 1.54) is 10.4 Å². The first-order valence-corrected chi connectivity index (χ1v) is 12.0. The lowest BCUT2D eigenvalue weighted by atomic mass is 10.1. The molecular formula is C20H19N5O4S2. The van der Waals surface area contributed by atoms with E-state index in [9.17, 15) is 18.5 Å². The molecule has 1 aromatic carbocycles. The highest BCUT2D eigenvalue weighted by Crippen LogP contribution is 2.38. The Bertz CT molecular complexity index is 1270. The molecule has 4 rings (SSSR count). The van der Waals surface area contributed by atoms with Gasteiger partial charge in [0.05, 0.1) is 11.9 Å². The number of benzene rings is 1. The number of nitrogen functional groups attached to an aromatic ring is 1. The van der Waals surface area contributed by atoms with Gasteiger partial charge in [-0.1, -0.05) is 35.5 Å². The van der Waals surface area contributed by atoms with Gasteiger partial charge in [0.15, 0.2) is 0 Å². The third-order valence-corrected chi connectivity index (χ3v) is 7.43. The molecule has 3 aromatic rings. The Kier molecular flexibility index (Phi) is 5.53. The maximum Gasteiger partial charge on any atom is 0.243 e. The normalized spacial score (nSPS) is 16.8. The van der Waals surface area contributed by atoms with Crippen molar-refractivity contribution in [3.05, 3.63) is 52.6 Å². The Morgan fingerprint density at radius 3 is 2.77 bits per heavy atom. The van der Waals surface area contributed by atoms with E-state index in [4.69, 9.17) is 10.3 Å². The first-order valence-electron chi connectivity index (χ1n) is 9.38. The van der Waals surface area contributed by atoms with Gasteiger partial charge in [0.25, 0.3) is 0 Å². The monoisotopic (exact) mass is 457 g/mol. The number of hydrogen-bond donors (Lipinski definition) is 2. The molecule has 1 atom stereocenters. The second-order valence-corrected chi connectivity index (χ2v) is 10.2. The van der Waals surface area contributed by atoms with Crippen LogP contribution < -0.4 is 11.1 Å². The number of carbonyl (C=O) groups excluding carboxylic acids is 1. The van der Waals surface area contributed by atoms with Crippen LogP contribution in [-0.4, -0.2) is 49.1 Å². The standard InChI is InChI=1S/C20H19N5O4S2/c1-31(27,28)25-8-7-13(11-25)23-20-14(10-21)17(22)19(30-20)18(26)16-9-15(24-29-16)12-5-3-2-4-6-12/h2-6,9,13,23H,7-8,11,22H2,1H3. The van der Waals surface area contributed by atoms with Crippen molar-refractivity contribution in [2.45, 2.75) is 12.5 Å². The number of aromatic nitrogens is 1. The lowest BCUT2D eigenvalue weighted by molar-refractivity contribution is 0.100. The van der Waals surface area contributed by atoms with Gasteiger partial charge in [0, 0.05) is 30.8 Å². The van der Waals surface area contributed by atoms with Crippen LogP contribution in [0.3, 0.4) is 0 Å². The molecule has 1 unspecified atom stereocenters. The maximum atomic E-state index is 13.0. The first kappa shape index (κ1) is 21.0. The average molecular weight is 458 g/mol. The average Bonchev–Trinajstić information content (AvgIpc) is 3.47. The number of carbonyl (C=O) groups is 1. The van der Waals surface area contributed by atoms with Crippen LogP contribution in [0.1, 0.15) is 27.4 Å². The Morgan fingerprint density at radius 2 is 2.13 bits per heavy atom. The van der Waals surface area contributed by atoms with Crippen molar-refractivity contribution in [1.82, 2.24) is 9.46 Å². The van der Waals surface area contributed by atoms with E-state index in [0.717, 1.165) is 23.2 Å². The second kappa shape index (κ2) is 8.14. The van der Waals surface area contributed by atoms with Gasteiger partial charge in [-0.3, -0.25) is 4.79 Å². The minimum Gasteiger partial charge on any atom is -0.396 e. The maximum absolute atomic E-state index is 13.0. The lowest BCUT2D eigenvalue weighted by Crippen LogP contribution is -2.30. The van der Waals surface area contributed by atoms with Crippen LogP contribution in [0.15, 0.2) is 40.9 Å². The molecule has 3 heterocycles. The van der Waals surface area contributed by atoms with E-state index >= 15 is 0 Å². The number of rotatable bonds is 6. The van der Waals surface area contributed by atoms with Crippen LogP contribution in [0.2, 0.25) is 0 Å². The van der Waals surface area contributed by atoms with E-state index in [2.05, 4.69) is 10.5 Å². The van der Waals surface area contributed by atoms with Crippen LogP contribution in [0.4, 0.5) is 10.7 Å². The van der Waals surface area contributed by atoms with Gasteiger partial charge in [0.1, 0.15) is 27.2 Å². The number of nitriles is 1. The Labute approximate surface area is 183 Å². The van der Waals surface area contributed by atoms with Gasteiger partial charge in [-0.15, -0.1) is 11.3 Å². The van der Waals surface area contributed by atoms with Gasteiger partial charge in [-0.2, -0.15) is 5.26 Å². The zero-order valence-corrected chi connectivity index (χ0v) is 18.2. The van der Waals surface area contributed by atoms with Gasteiger partial charge >= 0.3 is 0 Å². The molecule has 160 valence electrons. The number of nitrogens with two attached hydrogens (primary N) is 1. The fraction of sp³-hybridized carbons (Fsp3) is 0.250. The molecule has 0 amide bonds. The molecule has 11 heteroatoms. The summed E-state index contributed by atoms with van der Waals surface area (Å²) in [5, 5.41) is 17.1. The van der Waals surface area contributed by atoms with Crippen LogP contribution in [0.25, 0.3) is 11.3 Å². The zero-order chi connectivity index (χ0) is 22.2. The summed E-state index contributed by atoms with van der Waals surface area (Å²) in [7, 11) is -3.28. The van der Waals surface area contributed by atoms with Crippen molar-refractivity contribution < 1.29 is 17.7 Å². The highest BCUT2D eigenvalue weighted by Gasteiger charge is 2.31. The van der Waals surface area contributed by atoms with Gasteiger partial charge < -0.3 is 15.6 Å².